The summed E-state index contributed by atoms with van der Waals surface area (Å²) in [6.07, 6.45) is 5.72. The van der Waals surface area contributed by atoms with Crippen molar-refractivity contribution in [3.63, 3.8) is 0 Å². The molecule has 0 atom stereocenters. The van der Waals surface area contributed by atoms with Gasteiger partial charge in [0.05, 0.1) is 20.3 Å². The molecule has 0 unspecified atom stereocenters. The molecule has 1 aliphatic rings. The van der Waals surface area contributed by atoms with Crippen LogP contribution in [-0.4, -0.2) is 46.9 Å². The highest BCUT2D eigenvalue weighted by molar-refractivity contribution is 5.95. The lowest BCUT2D eigenvalue weighted by molar-refractivity contribution is -0.122. The molecule has 0 saturated heterocycles. The van der Waals surface area contributed by atoms with Crippen molar-refractivity contribution in [2.24, 2.45) is 0 Å². The van der Waals surface area contributed by atoms with Crippen LogP contribution in [0, 0.1) is 0 Å². The molecule has 0 aliphatic heterocycles. The molecule has 1 saturated carbocycles. The highest BCUT2D eigenvalue weighted by Crippen LogP contribution is 2.41. The fourth-order valence-corrected chi connectivity index (χ4v) is 4.21. The van der Waals surface area contributed by atoms with E-state index < -0.39 is 5.72 Å². The highest BCUT2D eigenvalue weighted by Gasteiger charge is 2.49. The zero-order chi connectivity index (χ0) is 27.4. The number of methoxy groups -OCH3 is 1. The van der Waals surface area contributed by atoms with Gasteiger partial charge in [-0.1, -0.05) is 68.7 Å². The van der Waals surface area contributed by atoms with Crippen molar-refractivity contribution in [3.05, 3.63) is 83.9 Å². The van der Waals surface area contributed by atoms with Crippen molar-refractivity contribution < 1.29 is 29.3 Å². The lowest BCUT2D eigenvalue weighted by Gasteiger charge is -2.29. The standard InChI is InChI=1S/C30H35NO4.CH2O2/c1-3-4-5-8-20-35-28-13-7-6-10-26(28)22-31(30(33)18-19-30)29(32)24-16-14-23(15-17-24)25-11-9-12-27(21-25)34-2;2-1-3/h6-7,9-17,21,33H,3-5,8,18-20,22H2,1-2H3;1H,(H,2,3). The van der Waals surface area contributed by atoms with Crippen LogP contribution in [0.4, 0.5) is 0 Å². The Balaban J connectivity index is 0.00000127. The summed E-state index contributed by atoms with van der Waals surface area (Å²) in [4.78, 5) is 23.5. The molecular weight excluding hydrogens is 482 g/mol. The Hall–Kier alpha value is -3.84. The number of nitrogens with zero attached hydrogens (tertiary/aromatic N) is 1. The van der Waals surface area contributed by atoms with Gasteiger partial charge in [-0.2, -0.15) is 0 Å². The van der Waals surface area contributed by atoms with E-state index in [1.54, 1.807) is 12.0 Å². The number of aliphatic hydroxyl groups is 1. The Morgan fingerprint density at radius 3 is 2.34 bits per heavy atom. The maximum atomic E-state index is 13.5. The fraction of sp³-hybridized carbons (Fsp3) is 0.355. The number of carboxylic acid groups (broad SMARTS) is 1. The predicted octanol–water partition coefficient (Wildman–Crippen LogP) is 6.15. The summed E-state index contributed by atoms with van der Waals surface area (Å²) < 4.78 is 11.4. The van der Waals surface area contributed by atoms with Gasteiger partial charge in [-0.3, -0.25) is 9.59 Å². The van der Waals surface area contributed by atoms with Gasteiger partial charge in [0.2, 0.25) is 0 Å². The summed E-state index contributed by atoms with van der Waals surface area (Å²) in [7, 11) is 1.65. The minimum atomic E-state index is -1.10. The van der Waals surface area contributed by atoms with Crippen LogP contribution in [0.5, 0.6) is 11.5 Å². The summed E-state index contributed by atoms with van der Waals surface area (Å²) in [5.41, 5.74) is 2.38. The van der Waals surface area contributed by atoms with E-state index in [9.17, 15) is 9.90 Å². The largest absolute Gasteiger partial charge is 0.497 e. The van der Waals surface area contributed by atoms with Gasteiger partial charge in [-0.05, 0) is 60.7 Å². The SMILES string of the molecule is CCCCCCOc1ccccc1CN(C(=O)c1ccc(-c2cccc(OC)c2)cc1)C1(O)CC1.O=CO. The molecule has 3 aromatic rings. The van der Waals surface area contributed by atoms with Crippen molar-refractivity contribution in [1.82, 2.24) is 4.90 Å². The number of unbranched alkanes of at least 4 members (excludes halogenated alkanes) is 3. The van der Waals surface area contributed by atoms with Gasteiger partial charge in [-0.15, -0.1) is 0 Å². The van der Waals surface area contributed by atoms with Crippen LogP contribution in [0.1, 0.15) is 61.4 Å². The van der Waals surface area contributed by atoms with Crippen LogP contribution in [0.3, 0.4) is 0 Å². The Kier molecular flexibility index (Phi) is 10.7. The molecule has 3 aromatic carbocycles. The number of hydrogen-bond acceptors (Lipinski definition) is 5. The van der Waals surface area contributed by atoms with Crippen LogP contribution in [-0.2, 0) is 11.3 Å². The minimum Gasteiger partial charge on any atom is -0.497 e. The Bertz CT molecular complexity index is 1170. The van der Waals surface area contributed by atoms with E-state index in [4.69, 9.17) is 19.4 Å². The molecule has 0 bridgehead atoms. The van der Waals surface area contributed by atoms with E-state index in [-0.39, 0.29) is 12.4 Å². The molecular formula is C31H37NO6. The quantitative estimate of drug-likeness (QED) is 0.169. The van der Waals surface area contributed by atoms with Crippen molar-refractivity contribution in [1.29, 1.82) is 0 Å². The maximum Gasteiger partial charge on any atom is 0.290 e. The number of para-hydroxylation sites is 1. The maximum absolute atomic E-state index is 13.5. The van der Waals surface area contributed by atoms with Gasteiger partial charge in [-0.25, -0.2) is 0 Å². The molecule has 0 aromatic heterocycles. The van der Waals surface area contributed by atoms with Gasteiger partial charge in [0.15, 0.2) is 0 Å². The number of rotatable bonds is 12. The van der Waals surface area contributed by atoms with Crippen LogP contribution >= 0.6 is 0 Å². The Labute approximate surface area is 224 Å². The average Bonchev–Trinajstić information content (AvgIpc) is 3.70. The zero-order valence-electron chi connectivity index (χ0n) is 22.1. The molecule has 38 heavy (non-hydrogen) atoms. The van der Waals surface area contributed by atoms with Gasteiger partial charge >= 0.3 is 0 Å². The van der Waals surface area contributed by atoms with Crippen LogP contribution in [0.15, 0.2) is 72.8 Å². The first-order chi connectivity index (χ1) is 18.5. The normalized spacial score (nSPS) is 13.0. The number of amides is 1. The van der Waals surface area contributed by atoms with E-state index in [0.29, 0.717) is 31.6 Å². The van der Waals surface area contributed by atoms with Crippen LogP contribution < -0.4 is 9.47 Å². The first kappa shape index (κ1) is 28.7. The molecule has 1 fully saturated rings. The molecule has 2 N–H and O–H groups in total. The molecule has 1 aliphatic carbocycles. The summed E-state index contributed by atoms with van der Waals surface area (Å²) >= 11 is 0. The van der Waals surface area contributed by atoms with Crippen molar-refractivity contribution in [2.45, 2.75) is 57.7 Å². The Morgan fingerprint density at radius 2 is 1.68 bits per heavy atom. The third-order valence-electron chi connectivity index (χ3n) is 6.54. The first-order valence-electron chi connectivity index (χ1n) is 13.0. The van der Waals surface area contributed by atoms with E-state index in [1.165, 1.54) is 12.8 Å². The molecule has 1 amide bonds. The lowest BCUT2D eigenvalue weighted by Crippen LogP contribution is -2.41. The van der Waals surface area contributed by atoms with Crippen LogP contribution in [0.2, 0.25) is 0 Å². The fourth-order valence-electron chi connectivity index (χ4n) is 4.21. The van der Waals surface area contributed by atoms with Crippen LogP contribution in [0.25, 0.3) is 11.1 Å². The number of hydrogen-bond donors (Lipinski definition) is 2. The van der Waals surface area contributed by atoms with E-state index in [0.717, 1.165) is 41.0 Å². The molecule has 0 heterocycles. The number of carbonyl (C=O) groups excluding carboxylic acids is 1. The second kappa shape index (κ2) is 14.2. The second-order valence-electron chi connectivity index (χ2n) is 9.31. The molecule has 202 valence electrons. The summed E-state index contributed by atoms with van der Waals surface area (Å²) in [5, 5.41) is 17.9. The third-order valence-corrected chi connectivity index (χ3v) is 6.54. The van der Waals surface area contributed by atoms with Gasteiger partial charge in [0, 0.05) is 11.1 Å². The van der Waals surface area contributed by atoms with E-state index >= 15 is 0 Å². The lowest BCUT2D eigenvalue weighted by atomic mass is 10.0. The second-order valence-corrected chi connectivity index (χ2v) is 9.31. The zero-order valence-corrected chi connectivity index (χ0v) is 22.1. The summed E-state index contributed by atoms with van der Waals surface area (Å²) in [5.74, 6) is 1.38. The van der Waals surface area contributed by atoms with Gasteiger partial charge in [0.25, 0.3) is 12.4 Å². The monoisotopic (exact) mass is 519 g/mol. The summed E-state index contributed by atoms with van der Waals surface area (Å²) in [6, 6.07) is 23.2. The van der Waals surface area contributed by atoms with Crippen molar-refractivity contribution in [3.8, 4) is 22.6 Å². The predicted molar refractivity (Wildman–Crippen MR) is 147 cm³/mol. The topological polar surface area (TPSA) is 96.3 Å². The number of benzene rings is 3. The molecule has 0 spiro atoms. The third kappa shape index (κ3) is 7.83. The summed E-state index contributed by atoms with van der Waals surface area (Å²) in [6.45, 7) is 2.90. The smallest absolute Gasteiger partial charge is 0.290 e. The molecule has 4 rings (SSSR count). The minimum absolute atomic E-state index is 0.181. The average molecular weight is 520 g/mol. The van der Waals surface area contributed by atoms with Crippen molar-refractivity contribution >= 4 is 12.4 Å². The van der Waals surface area contributed by atoms with Gasteiger partial charge in [0.1, 0.15) is 17.2 Å². The number of ether oxygens (including phenoxy) is 2. The molecule has 7 nitrogen and oxygen atoms in total. The Morgan fingerprint density at radius 1 is 0.974 bits per heavy atom. The number of carbonyl (C=O) groups is 2. The van der Waals surface area contributed by atoms with Crippen molar-refractivity contribution in [2.75, 3.05) is 13.7 Å². The van der Waals surface area contributed by atoms with E-state index in [1.807, 2.05) is 72.8 Å². The van der Waals surface area contributed by atoms with Gasteiger partial charge < -0.3 is 24.6 Å². The molecule has 7 heteroatoms. The molecule has 0 radical (unpaired) electrons. The highest BCUT2D eigenvalue weighted by atomic mass is 16.5. The first-order valence-corrected chi connectivity index (χ1v) is 13.0. The van der Waals surface area contributed by atoms with E-state index in [2.05, 4.69) is 6.92 Å².